The molecule has 4 heterocycles. The van der Waals surface area contributed by atoms with Crippen LogP contribution in [0.4, 0.5) is 29.1 Å². The van der Waals surface area contributed by atoms with Gasteiger partial charge in [-0.25, -0.2) is 32.5 Å². The minimum absolute atomic E-state index is 0.0314. The first-order valence-electron chi connectivity index (χ1n) is 12.3. The Morgan fingerprint density at radius 3 is 2.74 bits per heavy atom. The number of nitrogen functional groups attached to an aromatic ring is 1. The Labute approximate surface area is 221 Å². The van der Waals surface area contributed by atoms with Gasteiger partial charge in [0, 0.05) is 24.7 Å². The van der Waals surface area contributed by atoms with Gasteiger partial charge in [0.2, 0.25) is 5.78 Å². The SMILES string of the molecule is [2H]C(F)(F)C(=O)C1(N)CCCN(c2cnc(-c3cc(F)c(OC)cc3F)cc2Cn2cnc3c(N)ncnc32)C1. The maximum Gasteiger partial charge on any atom is 0.297 e. The average molecular weight is 546 g/mol. The smallest absolute Gasteiger partial charge is 0.297 e. The minimum Gasteiger partial charge on any atom is -0.494 e. The van der Waals surface area contributed by atoms with Crippen LogP contribution in [0.15, 0.2) is 37.1 Å². The normalized spacial score (nSPS) is 18.3. The lowest BCUT2D eigenvalue weighted by molar-refractivity contribution is -0.135. The van der Waals surface area contributed by atoms with Crippen LogP contribution in [0.25, 0.3) is 22.4 Å². The molecule has 14 heteroatoms. The number of carbonyl (C=O) groups is 1. The summed E-state index contributed by atoms with van der Waals surface area (Å²) in [6, 6.07) is 3.38. The summed E-state index contributed by atoms with van der Waals surface area (Å²) < 4.78 is 70.1. The van der Waals surface area contributed by atoms with E-state index in [2.05, 4.69) is 19.9 Å². The molecule has 4 aromatic rings. The molecular formula is C25H24F4N8O2. The molecule has 0 bridgehead atoms. The molecule has 1 saturated heterocycles. The van der Waals surface area contributed by atoms with E-state index in [0.29, 0.717) is 29.0 Å². The first-order valence-corrected chi connectivity index (χ1v) is 11.8. The predicted octanol–water partition coefficient (Wildman–Crippen LogP) is 2.94. The monoisotopic (exact) mass is 545 g/mol. The van der Waals surface area contributed by atoms with Gasteiger partial charge in [-0.3, -0.25) is 9.78 Å². The molecule has 10 nitrogen and oxygen atoms in total. The summed E-state index contributed by atoms with van der Waals surface area (Å²) in [5.74, 6) is -3.37. The molecule has 5 rings (SSSR count). The molecule has 1 fully saturated rings. The number of hydrogen-bond donors (Lipinski definition) is 2. The second kappa shape index (κ2) is 10.1. The molecule has 204 valence electrons. The summed E-state index contributed by atoms with van der Waals surface area (Å²) in [5, 5.41) is 0. The molecule has 0 saturated carbocycles. The highest BCUT2D eigenvalue weighted by Crippen LogP contribution is 2.34. The maximum absolute atomic E-state index is 14.9. The van der Waals surface area contributed by atoms with E-state index in [4.69, 9.17) is 17.6 Å². The molecule has 1 aliphatic rings. The van der Waals surface area contributed by atoms with Gasteiger partial charge >= 0.3 is 0 Å². The van der Waals surface area contributed by atoms with E-state index in [1.165, 1.54) is 32.0 Å². The van der Waals surface area contributed by atoms with E-state index in [1.54, 1.807) is 9.47 Å². The van der Waals surface area contributed by atoms with Crippen LogP contribution in [0.5, 0.6) is 5.75 Å². The molecule has 0 radical (unpaired) electrons. The number of ether oxygens (including phenoxy) is 1. The third kappa shape index (κ3) is 4.82. The molecule has 0 amide bonds. The van der Waals surface area contributed by atoms with E-state index in [0.717, 1.165) is 12.1 Å². The number of aromatic nitrogens is 5. The van der Waals surface area contributed by atoms with Crippen molar-refractivity contribution in [3.05, 3.63) is 54.2 Å². The number of benzene rings is 1. The van der Waals surface area contributed by atoms with Crippen molar-refractivity contribution in [2.24, 2.45) is 5.73 Å². The summed E-state index contributed by atoms with van der Waals surface area (Å²) in [7, 11) is 1.21. The van der Waals surface area contributed by atoms with Crippen molar-refractivity contribution in [1.29, 1.82) is 0 Å². The largest absolute Gasteiger partial charge is 0.494 e. The van der Waals surface area contributed by atoms with Crippen molar-refractivity contribution < 1.29 is 28.5 Å². The maximum atomic E-state index is 14.9. The highest BCUT2D eigenvalue weighted by molar-refractivity contribution is 5.92. The quantitative estimate of drug-likeness (QED) is 0.336. The second-order valence-electron chi connectivity index (χ2n) is 9.24. The van der Waals surface area contributed by atoms with Crippen molar-refractivity contribution in [2.45, 2.75) is 31.3 Å². The van der Waals surface area contributed by atoms with Crippen LogP contribution in [0.1, 0.15) is 19.8 Å². The number of imidazole rings is 1. The number of Topliss-reactive ketones (excluding diaryl/α,β-unsaturated/α-hetero) is 1. The summed E-state index contributed by atoms with van der Waals surface area (Å²) >= 11 is 0. The number of hydrogen-bond acceptors (Lipinski definition) is 9. The third-order valence-corrected chi connectivity index (χ3v) is 6.74. The van der Waals surface area contributed by atoms with E-state index in [1.807, 2.05) is 0 Å². The average Bonchev–Trinajstić information content (AvgIpc) is 3.32. The molecule has 39 heavy (non-hydrogen) atoms. The first-order chi connectivity index (χ1) is 18.9. The highest BCUT2D eigenvalue weighted by Gasteiger charge is 2.43. The van der Waals surface area contributed by atoms with Crippen LogP contribution in [0.3, 0.4) is 0 Å². The number of rotatable bonds is 7. The molecule has 1 aromatic carbocycles. The number of pyridine rings is 1. The molecule has 1 atom stereocenters. The van der Waals surface area contributed by atoms with Crippen LogP contribution in [-0.2, 0) is 11.3 Å². The number of fused-ring (bicyclic) bond motifs is 1. The van der Waals surface area contributed by atoms with Gasteiger partial charge in [0.05, 0.1) is 43.1 Å². The van der Waals surface area contributed by atoms with Gasteiger partial charge in [0.1, 0.15) is 19.0 Å². The van der Waals surface area contributed by atoms with Gasteiger partial charge in [-0.05, 0) is 30.5 Å². The molecular weight excluding hydrogens is 520 g/mol. The fourth-order valence-corrected chi connectivity index (χ4v) is 4.79. The summed E-state index contributed by atoms with van der Waals surface area (Å²) in [6.45, 7) is 0.115. The van der Waals surface area contributed by atoms with Crippen molar-refractivity contribution in [2.75, 3.05) is 30.8 Å². The first kappa shape index (κ1) is 25.0. The van der Waals surface area contributed by atoms with Crippen molar-refractivity contribution in [3.63, 3.8) is 0 Å². The van der Waals surface area contributed by atoms with Crippen LogP contribution < -0.4 is 21.1 Å². The summed E-state index contributed by atoms with van der Waals surface area (Å²) in [5.41, 5.74) is 11.6. The topological polar surface area (TPSA) is 138 Å². The molecule has 4 N–H and O–H groups in total. The lowest BCUT2D eigenvalue weighted by Gasteiger charge is -2.40. The Hall–Kier alpha value is -4.33. The number of carbonyl (C=O) groups excluding carboxylic acids is 1. The van der Waals surface area contributed by atoms with Crippen LogP contribution in [0, 0.1) is 11.6 Å². The number of piperidine rings is 1. The zero-order valence-corrected chi connectivity index (χ0v) is 20.7. The van der Waals surface area contributed by atoms with E-state index in [-0.39, 0.29) is 48.8 Å². The Morgan fingerprint density at radius 2 is 2.00 bits per heavy atom. The van der Waals surface area contributed by atoms with Crippen molar-refractivity contribution >= 4 is 28.5 Å². The Kier molecular flexibility index (Phi) is 6.46. The van der Waals surface area contributed by atoms with Crippen molar-refractivity contribution in [3.8, 4) is 17.0 Å². The highest BCUT2D eigenvalue weighted by atomic mass is 19.3. The molecule has 0 spiro atoms. The number of alkyl halides is 2. The number of halogens is 4. The third-order valence-electron chi connectivity index (χ3n) is 6.74. The number of nitrogens with zero attached hydrogens (tertiary/aromatic N) is 6. The van der Waals surface area contributed by atoms with E-state index in [9.17, 15) is 22.4 Å². The Balaban J connectivity index is 1.60. The van der Waals surface area contributed by atoms with E-state index < -0.39 is 29.4 Å². The van der Waals surface area contributed by atoms with Gasteiger partial charge in [-0.15, -0.1) is 0 Å². The van der Waals surface area contributed by atoms with Gasteiger partial charge in [-0.2, -0.15) is 0 Å². The number of nitrogens with two attached hydrogens (primary N) is 2. The summed E-state index contributed by atoms with van der Waals surface area (Å²) in [4.78, 5) is 30.7. The van der Waals surface area contributed by atoms with Crippen LogP contribution in [0.2, 0.25) is 0 Å². The lowest BCUT2D eigenvalue weighted by Crippen LogP contribution is -2.61. The van der Waals surface area contributed by atoms with Crippen LogP contribution in [-0.4, -0.2) is 62.4 Å². The Morgan fingerprint density at radius 1 is 1.21 bits per heavy atom. The molecule has 1 aliphatic heterocycles. The molecule has 3 aromatic heterocycles. The van der Waals surface area contributed by atoms with Crippen molar-refractivity contribution in [1.82, 2.24) is 24.5 Å². The van der Waals surface area contributed by atoms with Gasteiger partial charge in [0.15, 0.2) is 23.0 Å². The zero-order chi connectivity index (χ0) is 28.8. The number of ketones is 1. The standard InChI is InChI=1S/C25H24F4N8O2/c1-39-19-7-15(26)14(6-16(19)27)17-5-13(9-37-12-35-20-23(30)33-11-34-24(20)37)18(8-32-17)36-4-2-3-25(31,10-36)21(38)22(28)29/h5-8,11-12,22H,2-4,9-10,31H2,1H3,(H2,30,33,34)/i22D. The number of methoxy groups -OCH3 is 1. The summed E-state index contributed by atoms with van der Waals surface area (Å²) in [6.07, 6.45) is 0.0227. The number of anilines is 2. The van der Waals surface area contributed by atoms with Crippen LogP contribution >= 0.6 is 0 Å². The zero-order valence-electron chi connectivity index (χ0n) is 21.7. The predicted molar refractivity (Wildman–Crippen MR) is 134 cm³/mol. The lowest BCUT2D eigenvalue weighted by atomic mass is 9.85. The van der Waals surface area contributed by atoms with Gasteiger partial charge in [-0.1, -0.05) is 0 Å². The van der Waals surface area contributed by atoms with Gasteiger partial charge < -0.3 is 25.7 Å². The molecule has 0 aliphatic carbocycles. The molecule has 1 unspecified atom stereocenters. The van der Waals surface area contributed by atoms with Gasteiger partial charge in [0.25, 0.3) is 6.40 Å². The minimum atomic E-state index is -4.35. The fraction of sp³-hybridized carbons (Fsp3) is 0.320. The fourth-order valence-electron chi connectivity index (χ4n) is 4.79. The Bertz CT molecular complexity index is 1610. The second-order valence-corrected chi connectivity index (χ2v) is 9.24. The van der Waals surface area contributed by atoms with E-state index >= 15 is 0 Å².